The summed E-state index contributed by atoms with van der Waals surface area (Å²) >= 11 is 0. The molecular weight excluding hydrogens is 232 g/mol. The van der Waals surface area contributed by atoms with Gasteiger partial charge in [0.15, 0.2) is 0 Å². The molecule has 0 bridgehead atoms. The van der Waals surface area contributed by atoms with Gasteiger partial charge in [0, 0.05) is 13.1 Å². The first kappa shape index (κ1) is 18.9. The molecule has 1 unspecified atom stereocenters. The van der Waals surface area contributed by atoms with E-state index in [1.807, 2.05) is 0 Å². The fourth-order valence-corrected chi connectivity index (χ4v) is 2.85. The van der Waals surface area contributed by atoms with Crippen molar-refractivity contribution < 1.29 is 0 Å². The minimum absolute atomic E-state index is 0.421. The van der Waals surface area contributed by atoms with Crippen LogP contribution < -0.4 is 5.32 Å². The molecule has 1 atom stereocenters. The summed E-state index contributed by atoms with van der Waals surface area (Å²) < 4.78 is 0. The van der Waals surface area contributed by atoms with Crippen molar-refractivity contribution in [3.8, 4) is 0 Å². The van der Waals surface area contributed by atoms with Gasteiger partial charge in [-0.1, -0.05) is 53.9 Å². The number of rotatable bonds is 12. The summed E-state index contributed by atoms with van der Waals surface area (Å²) in [5.74, 6) is 0.744. The molecular formula is C17H38N2. The Morgan fingerprint density at radius 2 is 1.79 bits per heavy atom. The Hall–Kier alpha value is -0.0800. The van der Waals surface area contributed by atoms with E-state index in [0.717, 1.165) is 19.0 Å². The molecule has 19 heavy (non-hydrogen) atoms. The third-order valence-electron chi connectivity index (χ3n) is 3.75. The van der Waals surface area contributed by atoms with E-state index < -0.39 is 0 Å². The van der Waals surface area contributed by atoms with Crippen LogP contribution in [0.25, 0.3) is 0 Å². The molecule has 1 N–H and O–H groups in total. The Labute approximate surface area is 122 Å². The molecule has 0 aliphatic carbocycles. The molecule has 0 aliphatic rings. The van der Waals surface area contributed by atoms with Crippen molar-refractivity contribution in [2.24, 2.45) is 11.3 Å². The van der Waals surface area contributed by atoms with E-state index in [1.165, 1.54) is 45.2 Å². The molecule has 2 heteroatoms. The molecule has 2 nitrogen and oxygen atoms in total. The minimum Gasteiger partial charge on any atom is -0.316 e. The van der Waals surface area contributed by atoms with E-state index in [-0.39, 0.29) is 0 Å². The van der Waals surface area contributed by atoms with Crippen LogP contribution in [-0.4, -0.2) is 38.1 Å². The quantitative estimate of drug-likeness (QED) is 0.536. The van der Waals surface area contributed by atoms with E-state index in [9.17, 15) is 0 Å². The van der Waals surface area contributed by atoms with Gasteiger partial charge in [0.2, 0.25) is 0 Å². The van der Waals surface area contributed by atoms with Crippen LogP contribution in [0.3, 0.4) is 0 Å². The van der Waals surface area contributed by atoms with Crippen LogP contribution >= 0.6 is 0 Å². The normalized spacial score (nSPS) is 15.2. The summed E-state index contributed by atoms with van der Waals surface area (Å²) in [5, 5.41) is 3.66. The average Bonchev–Trinajstić information content (AvgIpc) is 2.28. The smallest absolute Gasteiger partial charge is 0.00444 e. The Morgan fingerprint density at radius 3 is 2.32 bits per heavy atom. The van der Waals surface area contributed by atoms with Gasteiger partial charge in [-0.2, -0.15) is 0 Å². The molecule has 0 aromatic rings. The summed E-state index contributed by atoms with van der Waals surface area (Å²) in [5.41, 5.74) is 0.421. The Bertz CT molecular complexity index is 203. The van der Waals surface area contributed by atoms with Gasteiger partial charge in [-0.25, -0.2) is 0 Å². The third-order valence-corrected chi connectivity index (χ3v) is 3.75. The lowest BCUT2D eigenvalue weighted by atomic mass is 9.84. The fraction of sp³-hybridized carbons (Fsp3) is 1.00. The van der Waals surface area contributed by atoms with Gasteiger partial charge in [-0.3, -0.25) is 0 Å². The highest BCUT2D eigenvalue weighted by Crippen LogP contribution is 2.23. The molecule has 0 saturated carbocycles. The van der Waals surface area contributed by atoms with Crippen molar-refractivity contribution >= 4 is 0 Å². The maximum Gasteiger partial charge on any atom is 0.00444 e. The zero-order chi connectivity index (χ0) is 14.7. The highest BCUT2D eigenvalue weighted by molar-refractivity contribution is 4.80. The monoisotopic (exact) mass is 270 g/mol. The largest absolute Gasteiger partial charge is 0.316 e. The summed E-state index contributed by atoms with van der Waals surface area (Å²) in [6.45, 7) is 16.3. The zero-order valence-corrected chi connectivity index (χ0v) is 14.4. The summed E-state index contributed by atoms with van der Waals surface area (Å²) in [6, 6.07) is 0. The van der Waals surface area contributed by atoms with Gasteiger partial charge < -0.3 is 10.2 Å². The fourth-order valence-electron chi connectivity index (χ4n) is 2.85. The van der Waals surface area contributed by atoms with Gasteiger partial charge in [0.1, 0.15) is 0 Å². The second-order valence-corrected chi connectivity index (χ2v) is 7.03. The maximum atomic E-state index is 3.66. The highest BCUT2D eigenvalue weighted by Gasteiger charge is 2.24. The van der Waals surface area contributed by atoms with E-state index in [4.69, 9.17) is 0 Å². The van der Waals surface area contributed by atoms with Crippen LogP contribution in [0.15, 0.2) is 0 Å². The van der Waals surface area contributed by atoms with Crippen LogP contribution in [-0.2, 0) is 0 Å². The van der Waals surface area contributed by atoms with Crippen LogP contribution in [0.5, 0.6) is 0 Å². The maximum absolute atomic E-state index is 3.66. The van der Waals surface area contributed by atoms with E-state index in [2.05, 4.69) is 51.9 Å². The van der Waals surface area contributed by atoms with Gasteiger partial charge in [-0.15, -0.1) is 0 Å². The second kappa shape index (κ2) is 10.7. The lowest BCUT2D eigenvalue weighted by molar-refractivity contribution is 0.170. The van der Waals surface area contributed by atoms with Gasteiger partial charge >= 0.3 is 0 Å². The highest BCUT2D eigenvalue weighted by atomic mass is 15.1. The van der Waals surface area contributed by atoms with Crippen LogP contribution in [0.2, 0.25) is 0 Å². The topological polar surface area (TPSA) is 15.3 Å². The molecule has 0 fully saturated rings. The average molecular weight is 271 g/mol. The van der Waals surface area contributed by atoms with Crippen molar-refractivity contribution in [2.75, 3.05) is 33.2 Å². The zero-order valence-electron chi connectivity index (χ0n) is 14.4. The van der Waals surface area contributed by atoms with Crippen molar-refractivity contribution in [3.05, 3.63) is 0 Å². The van der Waals surface area contributed by atoms with Gasteiger partial charge in [0.25, 0.3) is 0 Å². The minimum atomic E-state index is 0.421. The molecule has 116 valence electrons. The summed E-state index contributed by atoms with van der Waals surface area (Å²) in [4.78, 5) is 2.53. The van der Waals surface area contributed by atoms with E-state index >= 15 is 0 Å². The molecule has 0 radical (unpaired) electrons. The summed E-state index contributed by atoms with van der Waals surface area (Å²) in [6.07, 6.45) is 6.62. The molecule has 0 rings (SSSR count). The van der Waals surface area contributed by atoms with Crippen molar-refractivity contribution in [3.63, 3.8) is 0 Å². The first-order chi connectivity index (χ1) is 8.93. The lowest BCUT2D eigenvalue weighted by Gasteiger charge is -2.34. The van der Waals surface area contributed by atoms with Crippen molar-refractivity contribution in [1.29, 1.82) is 0 Å². The van der Waals surface area contributed by atoms with Crippen molar-refractivity contribution in [2.45, 2.75) is 66.7 Å². The summed E-state index contributed by atoms with van der Waals surface area (Å²) in [7, 11) is 2.28. The van der Waals surface area contributed by atoms with Gasteiger partial charge in [0.05, 0.1) is 0 Å². The molecule has 0 heterocycles. The van der Waals surface area contributed by atoms with E-state index in [1.54, 1.807) is 0 Å². The first-order valence-electron chi connectivity index (χ1n) is 8.32. The van der Waals surface area contributed by atoms with Crippen LogP contribution in [0.1, 0.15) is 66.7 Å². The number of hydrogen-bond donors (Lipinski definition) is 1. The molecule has 0 aliphatic heterocycles. The third kappa shape index (κ3) is 10.4. The Balaban J connectivity index is 4.11. The van der Waals surface area contributed by atoms with E-state index in [0.29, 0.717) is 5.41 Å². The predicted molar refractivity (Wildman–Crippen MR) is 87.7 cm³/mol. The number of nitrogens with zero attached hydrogens (tertiary/aromatic N) is 1. The predicted octanol–water partition coefficient (Wildman–Crippen LogP) is 4.16. The lowest BCUT2D eigenvalue weighted by Crippen LogP contribution is -2.42. The SMILES string of the molecule is CCCCCN(C)CC(C)(CCC)CNCC(C)C. The number of unbranched alkanes of at least 4 members (excludes halogenated alkanes) is 2. The number of hydrogen-bond acceptors (Lipinski definition) is 2. The Morgan fingerprint density at radius 1 is 1.11 bits per heavy atom. The molecule has 0 aromatic carbocycles. The molecule has 0 amide bonds. The second-order valence-electron chi connectivity index (χ2n) is 7.03. The Kier molecular flexibility index (Phi) is 10.6. The standard InChI is InChI=1S/C17H38N2/c1-7-9-10-12-19(6)15-17(5,11-8-2)14-18-13-16(3)4/h16,18H,7-15H2,1-6H3. The van der Waals surface area contributed by atoms with Crippen LogP contribution in [0, 0.1) is 11.3 Å². The van der Waals surface area contributed by atoms with Crippen LogP contribution in [0.4, 0.5) is 0 Å². The first-order valence-corrected chi connectivity index (χ1v) is 8.32. The van der Waals surface area contributed by atoms with Gasteiger partial charge in [-0.05, 0) is 44.3 Å². The number of nitrogens with one attached hydrogen (secondary N) is 1. The molecule has 0 aromatic heterocycles. The molecule has 0 spiro atoms. The molecule has 0 saturated heterocycles. The van der Waals surface area contributed by atoms with Crippen molar-refractivity contribution in [1.82, 2.24) is 10.2 Å².